The van der Waals surface area contributed by atoms with Crippen LogP contribution in [0.2, 0.25) is 0 Å². The number of nitrogens with one attached hydrogen (secondary N) is 3. The number of carbonyl (C=O) groups excluding carboxylic acids is 1. The number of carbonyl (C=O) groups is 2. The highest BCUT2D eigenvalue weighted by Crippen LogP contribution is 2.21. The van der Waals surface area contributed by atoms with Gasteiger partial charge in [0.15, 0.2) is 5.82 Å². The van der Waals surface area contributed by atoms with Gasteiger partial charge in [0.25, 0.3) is 0 Å². The number of hydrogen-bond acceptors (Lipinski definition) is 5. The largest absolute Gasteiger partial charge is 0.465 e. The number of nitrogens with zero attached hydrogens (tertiary/aromatic N) is 2. The lowest BCUT2D eigenvalue weighted by Gasteiger charge is -2.14. The van der Waals surface area contributed by atoms with Gasteiger partial charge in [-0.1, -0.05) is 6.07 Å². The number of rotatable bonds is 5. The highest BCUT2D eigenvalue weighted by atomic mass is 16.4. The molecule has 114 valence electrons. The molecular weight excluding hydrogens is 286 g/mol. The van der Waals surface area contributed by atoms with E-state index in [9.17, 15) is 9.59 Å². The molecular formula is C14H15N5O3. The van der Waals surface area contributed by atoms with Crippen molar-refractivity contribution in [1.29, 1.82) is 0 Å². The third-order valence-corrected chi connectivity index (χ3v) is 2.71. The van der Waals surface area contributed by atoms with Crippen LogP contribution in [0, 0.1) is 0 Å². The summed E-state index contributed by atoms with van der Waals surface area (Å²) in [5.41, 5.74) is 0.553. The zero-order valence-electron chi connectivity index (χ0n) is 11.8. The Labute approximate surface area is 126 Å². The molecule has 2 aromatic heterocycles. The smallest absolute Gasteiger partial charge is 0.405 e. The molecule has 0 saturated heterocycles. The van der Waals surface area contributed by atoms with Crippen LogP contribution in [0.1, 0.15) is 6.92 Å². The topological polar surface area (TPSA) is 116 Å². The molecule has 22 heavy (non-hydrogen) atoms. The van der Waals surface area contributed by atoms with E-state index in [0.29, 0.717) is 11.5 Å². The van der Waals surface area contributed by atoms with Gasteiger partial charge in [-0.25, -0.2) is 14.8 Å². The molecule has 0 bridgehead atoms. The van der Waals surface area contributed by atoms with Gasteiger partial charge in [0, 0.05) is 12.4 Å². The molecule has 8 nitrogen and oxygen atoms in total. The van der Waals surface area contributed by atoms with Crippen LogP contribution in [0.3, 0.4) is 0 Å². The maximum atomic E-state index is 11.9. The van der Waals surface area contributed by atoms with E-state index in [1.54, 1.807) is 30.5 Å². The van der Waals surface area contributed by atoms with Crippen molar-refractivity contribution in [1.82, 2.24) is 15.3 Å². The Kier molecular flexibility index (Phi) is 4.86. The third-order valence-electron chi connectivity index (χ3n) is 2.71. The van der Waals surface area contributed by atoms with E-state index < -0.39 is 18.0 Å². The molecule has 0 aromatic carbocycles. The molecule has 0 aliphatic carbocycles. The first-order valence-corrected chi connectivity index (χ1v) is 6.49. The van der Waals surface area contributed by atoms with Crippen molar-refractivity contribution in [2.75, 3.05) is 10.6 Å². The molecule has 2 aromatic rings. The second kappa shape index (κ2) is 7.02. The predicted octanol–water partition coefficient (Wildman–Crippen LogP) is 1.81. The van der Waals surface area contributed by atoms with Crippen LogP contribution in [-0.4, -0.2) is 33.1 Å². The van der Waals surface area contributed by atoms with Gasteiger partial charge in [-0.3, -0.25) is 4.79 Å². The predicted molar refractivity (Wildman–Crippen MR) is 81.0 cm³/mol. The summed E-state index contributed by atoms with van der Waals surface area (Å²) in [5.74, 6) is 0.380. The molecule has 1 unspecified atom stereocenters. The minimum atomic E-state index is -1.27. The van der Waals surface area contributed by atoms with E-state index >= 15 is 0 Å². The molecule has 1 atom stereocenters. The van der Waals surface area contributed by atoms with Crippen molar-refractivity contribution >= 4 is 29.3 Å². The lowest BCUT2D eigenvalue weighted by molar-refractivity contribution is -0.117. The van der Waals surface area contributed by atoms with E-state index in [1.807, 2.05) is 6.07 Å². The number of pyridine rings is 2. The van der Waals surface area contributed by atoms with Crippen LogP contribution in [0.15, 0.2) is 42.7 Å². The highest BCUT2D eigenvalue weighted by Gasteiger charge is 2.17. The molecule has 4 N–H and O–H groups in total. The van der Waals surface area contributed by atoms with E-state index in [0.717, 1.165) is 0 Å². The van der Waals surface area contributed by atoms with E-state index in [4.69, 9.17) is 5.11 Å². The minimum absolute atomic E-state index is 0.289. The van der Waals surface area contributed by atoms with Gasteiger partial charge in [-0.15, -0.1) is 0 Å². The van der Waals surface area contributed by atoms with Crippen LogP contribution in [0.4, 0.5) is 22.1 Å². The molecule has 0 aliphatic heterocycles. The molecule has 2 heterocycles. The maximum Gasteiger partial charge on any atom is 0.405 e. The number of carboxylic acid groups (broad SMARTS) is 1. The Morgan fingerprint density at radius 3 is 2.59 bits per heavy atom. The Hall–Kier alpha value is -3.16. The SMILES string of the molecule is CC(NC(=O)O)C(=O)Nc1ncccc1Nc1ccccn1. The van der Waals surface area contributed by atoms with E-state index in [2.05, 4.69) is 25.9 Å². The van der Waals surface area contributed by atoms with Gasteiger partial charge in [-0.2, -0.15) is 0 Å². The maximum absolute atomic E-state index is 11.9. The van der Waals surface area contributed by atoms with Gasteiger partial charge in [-0.05, 0) is 31.2 Å². The fourth-order valence-corrected chi connectivity index (χ4v) is 1.66. The zero-order valence-corrected chi connectivity index (χ0v) is 11.8. The summed E-state index contributed by atoms with van der Waals surface area (Å²) in [7, 11) is 0. The van der Waals surface area contributed by atoms with Gasteiger partial charge >= 0.3 is 6.09 Å². The fraction of sp³-hybridized carbons (Fsp3) is 0.143. The lowest BCUT2D eigenvalue weighted by Crippen LogP contribution is -2.41. The Bertz CT molecular complexity index is 663. The van der Waals surface area contributed by atoms with Gasteiger partial charge in [0.05, 0.1) is 5.69 Å². The Balaban J connectivity index is 2.11. The standard InChI is InChI=1S/C14H15N5O3/c1-9(17-14(21)22)13(20)19-12-10(5-4-8-16-12)18-11-6-2-3-7-15-11/h2-9,17H,1H3,(H,15,18)(H,21,22)(H,16,19,20). The van der Waals surface area contributed by atoms with Crippen LogP contribution in [-0.2, 0) is 4.79 Å². The second-order valence-corrected chi connectivity index (χ2v) is 4.40. The third kappa shape index (κ3) is 4.17. The molecule has 2 rings (SSSR count). The zero-order chi connectivity index (χ0) is 15.9. The summed E-state index contributed by atoms with van der Waals surface area (Å²) in [6, 6.07) is 7.92. The number of aromatic nitrogens is 2. The van der Waals surface area contributed by atoms with Gasteiger partial charge < -0.3 is 21.1 Å². The van der Waals surface area contributed by atoms with Crippen molar-refractivity contribution in [2.45, 2.75) is 13.0 Å². The number of anilines is 3. The first kappa shape index (κ1) is 15.2. The van der Waals surface area contributed by atoms with Crippen molar-refractivity contribution < 1.29 is 14.7 Å². The Morgan fingerprint density at radius 2 is 1.91 bits per heavy atom. The molecule has 8 heteroatoms. The molecule has 0 saturated carbocycles. The van der Waals surface area contributed by atoms with Crippen molar-refractivity contribution in [2.24, 2.45) is 0 Å². The van der Waals surface area contributed by atoms with Gasteiger partial charge in [0.2, 0.25) is 5.91 Å². The quantitative estimate of drug-likeness (QED) is 0.669. The lowest BCUT2D eigenvalue weighted by atomic mass is 10.3. The van der Waals surface area contributed by atoms with E-state index in [1.165, 1.54) is 13.1 Å². The summed E-state index contributed by atoms with van der Waals surface area (Å²) >= 11 is 0. The average Bonchev–Trinajstić information content (AvgIpc) is 2.49. The molecule has 2 amide bonds. The molecule has 0 spiro atoms. The fourth-order valence-electron chi connectivity index (χ4n) is 1.66. The monoisotopic (exact) mass is 301 g/mol. The van der Waals surface area contributed by atoms with Crippen LogP contribution in [0.25, 0.3) is 0 Å². The van der Waals surface area contributed by atoms with Crippen molar-refractivity contribution in [3.63, 3.8) is 0 Å². The first-order chi connectivity index (χ1) is 10.6. The highest BCUT2D eigenvalue weighted by molar-refractivity contribution is 5.97. The average molecular weight is 301 g/mol. The molecule has 0 aliphatic rings. The normalized spacial score (nSPS) is 11.3. The molecule has 0 radical (unpaired) electrons. The van der Waals surface area contributed by atoms with Crippen LogP contribution in [0.5, 0.6) is 0 Å². The van der Waals surface area contributed by atoms with Crippen molar-refractivity contribution in [3.8, 4) is 0 Å². The number of hydrogen-bond donors (Lipinski definition) is 4. The van der Waals surface area contributed by atoms with E-state index in [-0.39, 0.29) is 5.82 Å². The van der Waals surface area contributed by atoms with Crippen molar-refractivity contribution in [3.05, 3.63) is 42.7 Å². The van der Waals surface area contributed by atoms with Crippen LogP contribution < -0.4 is 16.0 Å². The number of amides is 2. The second-order valence-electron chi connectivity index (χ2n) is 4.40. The summed E-state index contributed by atoms with van der Waals surface area (Å²) in [5, 5.41) is 16.3. The first-order valence-electron chi connectivity index (χ1n) is 6.49. The summed E-state index contributed by atoms with van der Waals surface area (Å²) in [6.07, 6.45) is 1.89. The minimum Gasteiger partial charge on any atom is -0.465 e. The Morgan fingerprint density at radius 1 is 1.14 bits per heavy atom. The molecule has 0 fully saturated rings. The summed E-state index contributed by atoms with van der Waals surface area (Å²) in [6.45, 7) is 1.44. The summed E-state index contributed by atoms with van der Waals surface area (Å²) < 4.78 is 0. The van der Waals surface area contributed by atoms with Gasteiger partial charge in [0.1, 0.15) is 11.9 Å². The van der Waals surface area contributed by atoms with Crippen LogP contribution >= 0.6 is 0 Å². The summed E-state index contributed by atoms with van der Waals surface area (Å²) in [4.78, 5) is 30.7.